The van der Waals surface area contributed by atoms with Crippen molar-refractivity contribution in [2.45, 2.75) is 11.8 Å². The Kier molecular flexibility index (Phi) is 5.08. The predicted octanol–water partition coefficient (Wildman–Crippen LogP) is 1.80. The zero-order valence-electron chi connectivity index (χ0n) is 11.7. The number of halogens is 1. The summed E-state index contributed by atoms with van der Waals surface area (Å²) < 4.78 is 31.2. The first-order valence-corrected chi connectivity index (χ1v) is 8.44. The van der Waals surface area contributed by atoms with Crippen LogP contribution in [-0.4, -0.2) is 56.5 Å². The number of hydrogen-bond donors (Lipinski definition) is 0. The lowest BCUT2D eigenvalue weighted by Crippen LogP contribution is -2.50. The van der Waals surface area contributed by atoms with E-state index >= 15 is 0 Å². The highest BCUT2D eigenvalue weighted by Crippen LogP contribution is 2.20. The lowest BCUT2D eigenvalue weighted by molar-refractivity contribution is 0.0934. The number of ether oxygens (including phenoxy) is 1. The maximum absolute atomic E-state index is 12.5. The molecule has 21 heavy (non-hydrogen) atoms. The van der Waals surface area contributed by atoms with Gasteiger partial charge in [0.15, 0.2) is 0 Å². The number of carbonyl (C=O) groups excluding carboxylic acids is 1. The smallest absolute Gasteiger partial charge is 0.409 e. The lowest BCUT2D eigenvalue weighted by Gasteiger charge is -2.33. The average Bonchev–Trinajstić information content (AvgIpc) is 2.47. The van der Waals surface area contributed by atoms with Crippen molar-refractivity contribution < 1.29 is 17.9 Å². The number of hydrogen-bond acceptors (Lipinski definition) is 4. The van der Waals surface area contributed by atoms with Crippen molar-refractivity contribution in [2.24, 2.45) is 0 Å². The molecule has 0 atom stereocenters. The quantitative estimate of drug-likeness (QED) is 0.846. The van der Waals surface area contributed by atoms with Gasteiger partial charge in [-0.1, -0.05) is 17.7 Å². The molecule has 1 aliphatic heterocycles. The first kappa shape index (κ1) is 16.1. The first-order chi connectivity index (χ1) is 9.95. The van der Waals surface area contributed by atoms with Crippen molar-refractivity contribution in [1.29, 1.82) is 0 Å². The second-order valence-corrected chi connectivity index (χ2v) is 6.92. The van der Waals surface area contributed by atoms with E-state index in [0.717, 1.165) is 0 Å². The molecule has 8 heteroatoms. The topological polar surface area (TPSA) is 66.9 Å². The zero-order valence-corrected chi connectivity index (χ0v) is 13.2. The van der Waals surface area contributed by atoms with Gasteiger partial charge in [-0.15, -0.1) is 0 Å². The highest BCUT2D eigenvalue weighted by atomic mass is 35.5. The molecule has 0 spiro atoms. The van der Waals surface area contributed by atoms with Crippen molar-refractivity contribution >= 4 is 27.7 Å². The summed E-state index contributed by atoms with van der Waals surface area (Å²) in [5.74, 6) is 0. The molecule has 1 aromatic carbocycles. The molecule has 0 bridgehead atoms. The molecular weight excluding hydrogens is 316 g/mol. The van der Waals surface area contributed by atoms with E-state index in [2.05, 4.69) is 0 Å². The molecule has 1 fully saturated rings. The summed E-state index contributed by atoms with van der Waals surface area (Å²) in [6.07, 6.45) is -0.405. The van der Waals surface area contributed by atoms with Crippen molar-refractivity contribution in [1.82, 2.24) is 9.21 Å². The second-order valence-electron chi connectivity index (χ2n) is 4.55. The van der Waals surface area contributed by atoms with Gasteiger partial charge >= 0.3 is 6.09 Å². The molecular formula is C13H17ClN2O4S. The Morgan fingerprint density at radius 1 is 1.29 bits per heavy atom. The monoisotopic (exact) mass is 332 g/mol. The summed E-state index contributed by atoms with van der Waals surface area (Å²) in [5, 5.41) is 0.376. The van der Waals surface area contributed by atoms with Gasteiger partial charge in [-0.2, -0.15) is 4.31 Å². The molecule has 0 N–H and O–H groups in total. The maximum Gasteiger partial charge on any atom is 0.409 e. The summed E-state index contributed by atoms with van der Waals surface area (Å²) in [4.78, 5) is 13.3. The fourth-order valence-electron chi connectivity index (χ4n) is 2.10. The summed E-state index contributed by atoms with van der Waals surface area (Å²) in [6.45, 7) is 3.16. The average molecular weight is 333 g/mol. The highest BCUT2D eigenvalue weighted by molar-refractivity contribution is 7.89. The Morgan fingerprint density at radius 3 is 2.52 bits per heavy atom. The van der Waals surface area contributed by atoms with Gasteiger partial charge < -0.3 is 9.64 Å². The van der Waals surface area contributed by atoms with Crippen LogP contribution in [0.1, 0.15) is 6.92 Å². The molecule has 0 radical (unpaired) electrons. The van der Waals surface area contributed by atoms with Gasteiger partial charge in [0.2, 0.25) is 10.0 Å². The summed E-state index contributed by atoms with van der Waals surface area (Å²) in [7, 11) is -3.58. The Bertz CT molecular complexity index is 612. The van der Waals surface area contributed by atoms with E-state index in [9.17, 15) is 13.2 Å². The van der Waals surface area contributed by atoms with Crippen LogP contribution in [0.25, 0.3) is 0 Å². The van der Waals surface area contributed by atoms with Crippen molar-refractivity contribution in [3.8, 4) is 0 Å². The lowest BCUT2D eigenvalue weighted by atomic mass is 10.4. The van der Waals surface area contributed by atoms with Crippen LogP contribution in [0, 0.1) is 0 Å². The minimum Gasteiger partial charge on any atom is -0.450 e. The molecule has 0 aliphatic carbocycles. The third-order valence-electron chi connectivity index (χ3n) is 3.20. The summed E-state index contributed by atoms with van der Waals surface area (Å²) in [5.41, 5.74) is 0. The fourth-order valence-corrected chi connectivity index (χ4v) is 3.83. The normalized spacial score (nSPS) is 16.8. The van der Waals surface area contributed by atoms with Crippen LogP contribution in [0.5, 0.6) is 0 Å². The van der Waals surface area contributed by atoms with Gasteiger partial charge in [0.1, 0.15) is 0 Å². The third-order valence-corrected chi connectivity index (χ3v) is 5.33. The molecule has 1 heterocycles. The highest BCUT2D eigenvalue weighted by Gasteiger charge is 2.30. The Balaban J connectivity index is 2.06. The van der Waals surface area contributed by atoms with Crippen LogP contribution < -0.4 is 0 Å². The van der Waals surface area contributed by atoms with Gasteiger partial charge in [-0.25, -0.2) is 13.2 Å². The molecule has 0 aromatic heterocycles. The number of piperazine rings is 1. The van der Waals surface area contributed by atoms with Crippen LogP contribution in [0.15, 0.2) is 29.2 Å². The van der Waals surface area contributed by atoms with E-state index < -0.39 is 16.1 Å². The number of rotatable bonds is 3. The predicted molar refractivity (Wildman–Crippen MR) is 78.8 cm³/mol. The standard InChI is InChI=1S/C13H17ClN2O4S/c1-2-20-13(17)15-6-8-16(9-7-15)21(18,19)12-5-3-4-11(14)10-12/h3-5,10H,2,6-9H2,1H3. The van der Waals surface area contributed by atoms with Gasteiger partial charge in [0, 0.05) is 31.2 Å². The Morgan fingerprint density at radius 2 is 1.95 bits per heavy atom. The minimum atomic E-state index is -3.58. The van der Waals surface area contributed by atoms with Crippen LogP contribution in [0.2, 0.25) is 5.02 Å². The Labute approximate surface area is 129 Å². The number of benzene rings is 1. The zero-order chi connectivity index (χ0) is 15.5. The van der Waals surface area contributed by atoms with Crippen LogP contribution >= 0.6 is 11.6 Å². The first-order valence-electron chi connectivity index (χ1n) is 6.62. The van der Waals surface area contributed by atoms with Crippen molar-refractivity contribution in [3.63, 3.8) is 0 Å². The molecule has 1 aliphatic rings. The van der Waals surface area contributed by atoms with Crippen LogP contribution in [0.3, 0.4) is 0 Å². The van der Waals surface area contributed by atoms with Gasteiger partial charge in [0.05, 0.1) is 11.5 Å². The second kappa shape index (κ2) is 6.64. The number of nitrogens with zero attached hydrogens (tertiary/aromatic N) is 2. The molecule has 1 saturated heterocycles. The minimum absolute atomic E-state index is 0.166. The van der Waals surface area contributed by atoms with Gasteiger partial charge in [-0.05, 0) is 25.1 Å². The molecule has 6 nitrogen and oxygen atoms in total. The Hall–Kier alpha value is -1.31. The van der Waals surface area contributed by atoms with E-state index in [1.54, 1.807) is 19.1 Å². The molecule has 116 valence electrons. The van der Waals surface area contributed by atoms with E-state index in [4.69, 9.17) is 16.3 Å². The molecule has 1 amide bonds. The van der Waals surface area contributed by atoms with E-state index in [1.807, 2.05) is 0 Å². The fraction of sp³-hybridized carbons (Fsp3) is 0.462. The van der Waals surface area contributed by atoms with Crippen LogP contribution in [-0.2, 0) is 14.8 Å². The summed E-state index contributed by atoms with van der Waals surface area (Å²) >= 11 is 5.84. The molecule has 0 unspecified atom stereocenters. The largest absolute Gasteiger partial charge is 0.450 e. The molecule has 2 rings (SSSR count). The molecule has 1 aromatic rings. The third kappa shape index (κ3) is 3.66. The number of amides is 1. The van der Waals surface area contributed by atoms with Crippen LogP contribution in [0.4, 0.5) is 4.79 Å². The number of sulfonamides is 1. The number of carbonyl (C=O) groups is 1. The van der Waals surface area contributed by atoms with E-state index in [1.165, 1.54) is 21.3 Å². The SMILES string of the molecule is CCOC(=O)N1CCN(S(=O)(=O)c2cccc(Cl)c2)CC1. The molecule has 0 saturated carbocycles. The van der Waals surface area contributed by atoms with E-state index in [-0.39, 0.29) is 18.0 Å². The summed E-state index contributed by atoms with van der Waals surface area (Å²) in [6, 6.07) is 6.16. The van der Waals surface area contributed by atoms with Crippen molar-refractivity contribution in [2.75, 3.05) is 32.8 Å². The van der Waals surface area contributed by atoms with Gasteiger partial charge in [-0.3, -0.25) is 0 Å². The van der Waals surface area contributed by atoms with Gasteiger partial charge in [0.25, 0.3) is 0 Å². The maximum atomic E-state index is 12.5. The van der Waals surface area contributed by atoms with Crippen molar-refractivity contribution in [3.05, 3.63) is 29.3 Å². The van der Waals surface area contributed by atoms with E-state index in [0.29, 0.717) is 24.7 Å².